The predicted molar refractivity (Wildman–Crippen MR) is 135 cm³/mol. The van der Waals surface area contributed by atoms with Crippen LogP contribution >= 0.6 is 24.0 Å². The van der Waals surface area contributed by atoms with Crippen molar-refractivity contribution in [2.75, 3.05) is 52.8 Å². The molecule has 1 atom stereocenters. The van der Waals surface area contributed by atoms with E-state index < -0.39 is 0 Å². The molecule has 1 N–H and O–H groups in total. The van der Waals surface area contributed by atoms with Crippen molar-refractivity contribution in [2.45, 2.75) is 13.0 Å². The van der Waals surface area contributed by atoms with Gasteiger partial charge in [-0.25, -0.2) is 0 Å². The minimum absolute atomic E-state index is 0. The molecule has 1 heterocycles. The summed E-state index contributed by atoms with van der Waals surface area (Å²) in [7, 11) is 7.32. The second-order valence-corrected chi connectivity index (χ2v) is 7.37. The van der Waals surface area contributed by atoms with E-state index in [-0.39, 0.29) is 24.0 Å². The highest BCUT2D eigenvalue weighted by Crippen LogP contribution is 2.31. The Kier molecular flexibility index (Phi) is 9.55. The highest BCUT2D eigenvalue weighted by atomic mass is 127. The van der Waals surface area contributed by atoms with E-state index in [0.717, 1.165) is 55.6 Å². The summed E-state index contributed by atoms with van der Waals surface area (Å²) in [4.78, 5) is 9.00. The van der Waals surface area contributed by atoms with Crippen LogP contribution in [0.4, 0.5) is 5.69 Å². The number of benzene rings is 2. The van der Waals surface area contributed by atoms with Crippen molar-refractivity contribution in [3.63, 3.8) is 0 Å². The largest absolute Gasteiger partial charge is 0.496 e. The van der Waals surface area contributed by atoms with Crippen LogP contribution < -0.4 is 19.7 Å². The molecule has 1 aliphatic rings. The van der Waals surface area contributed by atoms with Crippen LogP contribution in [0.2, 0.25) is 0 Å². The Morgan fingerprint density at radius 3 is 2.47 bits per heavy atom. The summed E-state index contributed by atoms with van der Waals surface area (Å²) < 4.78 is 11.0. The highest BCUT2D eigenvalue weighted by molar-refractivity contribution is 14.0. The third kappa shape index (κ3) is 5.93. The van der Waals surface area contributed by atoms with E-state index >= 15 is 0 Å². The van der Waals surface area contributed by atoms with E-state index in [9.17, 15) is 0 Å². The number of anilines is 1. The molecule has 0 radical (unpaired) electrons. The van der Waals surface area contributed by atoms with Crippen LogP contribution in [0.25, 0.3) is 0 Å². The van der Waals surface area contributed by atoms with Crippen LogP contribution in [-0.4, -0.2) is 58.8 Å². The van der Waals surface area contributed by atoms with E-state index in [1.165, 1.54) is 5.69 Å². The molecule has 0 bridgehead atoms. The third-order valence-electron chi connectivity index (χ3n) is 5.43. The lowest BCUT2D eigenvalue weighted by Gasteiger charge is -2.25. The monoisotopic (exact) mass is 524 g/mol. The highest BCUT2D eigenvalue weighted by Gasteiger charge is 2.25. The van der Waals surface area contributed by atoms with Gasteiger partial charge >= 0.3 is 0 Å². The van der Waals surface area contributed by atoms with Crippen molar-refractivity contribution in [1.29, 1.82) is 0 Å². The van der Waals surface area contributed by atoms with Gasteiger partial charge in [-0.1, -0.05) is 30.3 Å². The molecule has 1 unspecified atom stereocenters. The fourth-order valence-electron chi connectivity index (χ4n) is 3.89. The fourth-order valence-corrected chi connectivity index (χ4v) is 3.89. The van der Waals surface area contributed by atoms with Crippen molar-refractivity contribution in [3.05, 3.63) is 54.1 Å². The number of para-hydroxylation sites is 3. The second kappa shape index (κ2) is 11.9. The van der Waals surface area contributed by atoms with Crippen LogP contribution in [0.3, 0.4) is 0 Å². The lowest BCUT2D eigenvalue weighted by atomic mass is 10.1. The Hall–Kier alpha value is -2.16. The predicted octanol–water partition coefficient (Wildman–Crippen LogP) is 3.86. The van der Waals surface area contributed by atoms with Crippen LogP contribution in [0.5, 0.6) is 11.5 Å². The molecule has 0 saturated carbocycles. The summed E-state index contributed by atoms with van der Waals surface area (Å²) >= 11 is 0. The third-order valence-corrected chi connectivity index (χ3v) is 5.43. The Bertz CT molecular complexity index is 830. The Morgan fingerprint density at radius 1 is 1.10 bits per heavy atom. The molecule has 0 aliphatic carbocycles. The number of methoxy groups -OCH3 is 2. The van der Waals surface area contributed by atoms with Crippen molar-refractivity contribution in [3.8, 4) is 11.5 Å². The van der Waals surface area contributed by atoms with Crippen LogP contribution in [-0.2, 0) is 6.54 Å². The van der Waals surface area contributed by atoms with E-state index in [1.807, 2.05) is 37.4 Å². The van der Waals surface area contributed by atoms with Gasteiger partial charge in [0.05, 0.1) is 19.9 Å². The topological polar surface area (TPSA) is 49.3 Å². The molecule has 3 rings (SSSR count). The van der Waals surface area contributed by atoms with E-state index in [1.54, 1.807) is 14.2 Å². The standard InChI is InChI=1S/C23H32N4O2.HI/c1-24-23(26(2)17-19-9-5-7-11-21(19)28-3)25-15-18-13-14-27(16-18)20-10-6-8-12-22(20)29-4;/h5-12,18H,13-17H2,1-4H3,(H,24,25);1H. The van der Waals surface area contributed by atoms with Crippen LogP contribution in [0.15, 0.2) is 53.5 Å². The summed E-state index contributed by atoms with van der Waals surface area (Å²) in [5.74, 6) is 3.30. The van der Waals surface area contributed by atoms with E-state index in [0.29, 0.717) is 5.92 Å². The van der Waals surface area contributed by atoms with Crippen molar-refractivity contribution in [2.24, 2.45) is 10.9 Å². The molecule has 30 heavy (non-hydrogen) atoms. The van der Waals surface area contributed by atoms with Gasteiger partial charge in [0.25, 0.3) is 0 Å². The first-order valence-electron chi connectivity index (χ1n) is 10.1. The van der Waals surface area contributed by atoms with Gasteiger partial charge in [-0.2, -0.15) is 0 Å². The molecule has 2 aromatic rings. The van der Waals surface area contributed by atoms with Crippen molar-refractivity contribution >= 4 is 35.6 Å². The Morgan fingerprint density at radius 2 is 1.77 bits per heavy atom. The first kappa shape index (κ1) is 24.1. The number of aliphatic imine (C=N–C) groups is 1. The fraction of sp³-hybridized carbons (Fsp3) is 0.435. The number of halogens is 1. The molecule has 7 heteroatoms. The normalized spacial score (nSPS) is 16.1. The maximum Gasteiger partial charge on any atom is 0.193 e. The van der Waals surface area contributed by atoms with Crippen molar-refractivity contribution < 1.29 is 9.47 Å². The van der Waals surface area contributed by atoms with Gasteiger partial charge in [0.2, 0.25) is 0 Å². The minimum Gasteiger partial charge on any atom is -0.496 e. The SMILES string of the molecule is CN=C(NCC1CCN(c2ccccc2OC)C1)N(C)Cc1ccccc1OC.I. The quantitative estimate of drug-likeness (QED) is 0.339. The van der Waals surface area contributed by atoms with Gasteiger partial charge in [-0.15, -0.1) is 24.0 Å². The molecule has 6 nitrogen and oxygen atoms in total. The molecule has 0 spiro atoms. The summed E-state index contributed by atoms with van der Waals surface area (Å²) in [6.07, 6.45) is 1.15. The number of guanidine groups is 1. The average molecular weight is 524 g/mol. The number of nitrogens with one attached hydrogen (secondary N) is 1. The van der Waals surface area contributed by atoms with Gasteiger partial charge in [0, 0.05) is 45.8 Å². The molecular formula is C23H33IN4O2. The lowest BCUT2D eigenvalue weighted by molar-refractivity contribution is 0.395. The number of ether oxygens (including phenoxy) is 2. The Balaban J connectivity index is 0.00000320. The van der Waals surface area contributed by atoms with Gasteiger partial charge in [0.15, 0.2) is 5.96 Å². The number of hydrogen-bond acceptors (Lipinski definition) is 4. The number of rotatable bonds is 7. The lowest BCUT2D eigenvalue weighted by Crippen LogP contribution is -2.41. The van der Waals surface area contributed by atoms with E-state index in [4.69, 9.17) is 9.47 Å². The second-order valence-electron chi connectivity index (χ2n) is 7.37. The van der Waals surface area contributed by atoms with E-state index in [2.05, 4.69) is 45.4 Å². The van der Waals surface area contributed by atoms with Crippen LogP contribution in [0, 0.1) is 5.92 Å². The van der Waals surface area contributed by atoms with Gasteiger partial charge in [0.1, 0.15) is 11.5 Å². The van der Waals surface area contributed by atoms with Gasteiger partial charge in [-0.05, 0) is 30.5 Å². The summed E-state index contributed by atoms with van der Waals surface area (Å²) in [6, 6.07) is 16.3. The van der Waals surface area contributed by atoms with Gasteiger partial charge < -0.3 is 24.6 Å². The smallest absolute Gasteiger partial charge is 0.193 e. The minimum atomic E-state index is 0. The number of nitrogens with zero attached hydrogens (tertiary/aromatic N) is 3. The molecule has 164 valence electrons. The zero-order valence-corrected chi connectivity index (χ0v) is 20.6. The maximum atomic E-state index is 5.52. The van der Waals surface area contributed by atoms with Gasteiger partial charge in [-0.3, -0.25) is 4.99 Å². The molecule has 0 amide bonds. The first-order chi connectivity index (χ1) is 14.2. The average Bonchev–Trinajstić information content (AvgIpc) is 3.23. The molecule has 0 aromatic heterocycles. The summed E-state index contributed by atoms with van der Waals surface area (Å²) in [5.41, 5.74) is 2.32. The zero-order valence-electron chi connectivity index (χ0n) is 18.3. The summed E-state index contributed by atoms with van der Waals surface area (Å²) in [6.45, 7) is 3.69. The molecular weight excluding hydrogens is 491 g/mol. The maximum absolute atomic E-state index is 5.52. The van der Waals surface area contributed by atoms with Crippen LogP contribution in [0.1, 0.15) is 12.0 Å². The molecule has 1 fully saturated rings. The zero-order chi connectivity index (χ0) is 20.6. The first-order valence-corrected chi connectivity index (χ1v) is 10.1. The molecule has 2 aromatic carbocycles. The number of hydrogen-bond donors (Lipinski definition) is 1. The molecule has 1 aliphatic heterocycles. The van der Waals surface area contributed by atoms with Crippen molar-refractivity contribution in [1.82, 2.24) is 10.2 Å². The summed E-state index contributed by atoms with van der Waals surface area (Å²) in [5, 5.41) is 3.55. The Labute approximate surface area is 197 Å². The molecule has 1 saturated heterocycles.